The van der Waals surface area contributed by atoms with Crippen LogP contribution in [0.25, 0.3) is 0 Å². The summed E-state index contributed by atoms with van der Waals surface area (Å²) in [7, 11) is 0. The van der Waals surface area contributed by atoms with Gasteiger partial charge in [0.05, 0.1) is 32.6 Å². The summed E-state index contributed by atoms with van der Waals surface area (Å²) in [5.74, 6) is 0. The third-order valence-corrected chi connectivity index (χ3v) is 7.42. The van der Waals surface area contributed by atoms with E-state index in [1.165, 1.54) is 48.5 Å². The smallest absolute Gasteiger partial charge is 0.323 e. The Morgan fingerprint density at radius 2 is 0.759 bits per heavy atom. The first-order valence-electron chi connectivity index (χ1n) is 16.0. The van der Waals surface area contributed by atoms with Gasteiger partial charge in [0.25, 0.3) is 11.4 Å². The molecule has 0 aliphatic rings. The van der Waals surface area contributed by atoms with E-state index in [-0.39, 0.29) is 24.5 Å². The molecule has 5 aromatic carbocycles. The second-order valence-electron chi connectivity index (χ2n) is 11.3. The van der Waals surface area contributed by atoms with E-state index in [0.29, 0.717) is 34.1 Å². The maximum Gasteiger partial charge on any atom is 0.323 e. The van der Waals surface area contributed by atoms with Crippen molar-refractivity contribution in [1.82, 2.24) is 10.6 Å². The molecule has 0 aromatic heterocycles. The molecule has 0 unspecified atom stereocenters. The third kappa shape index (κ3) is 11.0. The minimum Gasteiger partial charge on any atom is -0.334 e. The van der Waals surface area contributed by atoms with Gasteiger partial charge in [-0.1, -0.05) is 48.5 Å². The molecule has 5 rings (SSSR count). The Kier molecular flexibility index (Phi) is 12.3. The van der Waals surface area contributed by atoms with Crippen LogP contribution in [0.2, 0.25) is 0 Å². The second kappa shape index (κ2) is 17.8. The highest BCUT2D eigenvalue weighted by atomic mass is 16.6. The molecule has 0 heterocycles. The van der Waals surface area contributed by atoms with Gasteiger partial charge in [0.2, 0.25) is 0 Å². The molecule has 0 atom stereocenters. The number of nitrogens with one attached hydrogen (secondary N) is 8. The Hall–Kier alpha value is -8.02. The molecule has 0 spiro atoms. The van der Waals surface area contributed by atoms with Gasteiger partial charge in [-0.15, -0.1) is 0 Å². The van der Waals surface area contributed by atoms with Crippen molar-refractivity contribution in [2.45, 2.75) is 13.1 Å². The number of rotatable bonds is 12. The number of anilines is 6. The van der Waals surface area contributed by atoms with E-state index in [1.54, 1.807) is 72.8 Å². The van der Waals surface area contributed by atoms with Gasteiger partial charge in [0.1, 0.15) is 0 Å². The van der Waals surface area contributed by atoms with Crippen LogP contribution in [0.5, 0.6) is 0 Å². The maximum atomic E-state index is 12.8. The molecule has 0 saturated carbocycles. The Morgan fingerprint density at radius 3 is 1.09 bits per heavy atom. The number of para-hydroxylation sites is 4. The van der Waals surface area contributed by atoms with Crippen molar-refractivity contribution in [3.05, 3.63) is 153 Å². The molecule has 0 fully saturated rings. The Morgan fingerprint density at radius 1 is 0.426 bits per heavy atom. The number of nitrogens with zero attached hydrogens (tertiary/aromatic N) is 2. The summed E-state index contributed by atoms with van der Waals surface area (Å²) in [5, 5.41) is 43.0. The standard InChI is InChI=1S/C36H32N10O8/c47-33(41-29-8-1-3-10-31(29)43-35(49)39-25-12-16-27(17-13-25)45(51)52)37-21-23-6-5-7-24(20-23)22-38-34(48)42-30-9-2-4-11-32(30)44-36(50)40-26-14-18-28(19-15-26)46(53)54/h1-20H,21-22H2,(H2,37,41,47)(H2,38,42,48)(H2,39,43,49)(H2,40,44,50). The Bertz CT molecular complexity index is 2030. The molecular weight excluding hydrogens is 700 g/mol. The molecule has 18 heteroatoms. The van der Waals surface area contributed by atoms with Crippen LogP contribution in [0.15, 0.2) is 121 Å². The third-order valence-electron chi connectivity index (χ3n) is 7.42. The average molecular weight is 733 g/mol. The lowest BCUT2D eigenvalue weighted by Crippen LogP contribution is -2.30. The first-order valence-corrected chi connectivity index (χ1v) is 16.0. The van der Waals surface area contributed by atoms with Gasteiger partial charge in [0.15, 0.2) is 0 Å². The first kappa shape index (κ1) is 37.2. The van der Waals surface area contributed by atoms with Crippen LogP contribution >= 0.6 is 0 Å². The van der Waals surface area contributed by atoms with Crippen molar-refractivity contribution >= 4 is 69.6 Å². The summed E-state index contributed by atoms with van der Waals surface area (Å²) in [6.07, 6.45) is 0. The number of urea groups is 4. The van der Waals surface area contributed by atoms with Gasteiger partial charge >= 0.3 is 24.1 Å². The average Bonchev–Trinajstić information content (AvgIpc) is 3.15. The summed E-state index contributed by atoms with van der Waals surface area (Å²) in [6.45, 7) is 0.284. The van der Waals surface area contributed by atoms with Crippen molar-refractivity contribution in [3.8, 4) is 0 Å². The lowest BCUT2D eigenvalue weighted by atomic mass is 10.1. The number of hydrogen-bond donors (Lipinski definition) is 8. The van der Waals surface area contributed by atoms with Crippen LogP contribution in [0, 0.1) is 20.2 Å². The minimum atomic E-state index is -0.622. The molecular formula is C36H32N10O8. The Labute approximate surface area is 306 Å². The minimum absolute atomic E-state index is 0.116. The Balaban J connectivity index is 1.08. The number of nitro benzene ring substituents is 2. The van der Waals surface area contributed by atoms with E-state index in [9.17, 15) is 39.4 Å². The van der Waals surface area contributed by atoms with E-state index in [0.717, 1.165) is 11.1 Å². The molecule has 0 saturated heterocycles. The van der Waals surface area contributed by atoms with Crippen LogP contribution in [0.1, 0.15) is 11.1 Å². The number of non-ortho nitro benzene ring substituents is 2. The van der Waals surface area contributed by atoms with E-state index < -0.39 is 34.0 Å². The van der Waals surface area contributed by atoms with Crippen molar-refractivity contribution in [1.29, 1.82) is 0 Å². The SMILES string of the molecule is O=C(NCc1cccc(CNC(=O)Nc2ccccc2NC(=O)Nc2ccc([N+](=O)[O-])cc2)c1)Nc1ccccc1NC(=O)Nc1ccc([N+](=O)[O-])cc1. The highest BCUT2D eigenvalue weighted by molar-refractivity contribution is 6.04. The summed E-state index contributed by atoms with van der Waals surface area (Å²) >= 11 is 0. The molecule has 0 aliphatic heterocycles. The maximum absolute atomic E-state index is 12.8. The fraction of sp³-hybridized carbons (Fsp3) is 0.0556. The van der Waals surface area contributed by atoms with Crippen molar-refractivity contribution in [3.63, 3.8) is 0 Å². The molecule has 18 nitrogen and oxygen atoms in total. The summed E-state index contributed by atoms with van der Waals surface area (Å²) in [4.78, 5) is 71.3. The van der Waals surface area contributed by atoms with Crippen LogP contribution in [0.3, 0.4) is 0 Å². The highest BCUT2D eigenvalue weighted by Crippen LogP contribution is 2.23. The zero-order valence-corrected chi connectivity index (χ0v) is 28.1. The summed E-state index contributed by atoms with van der Waals surface area (Å²) in [5.41, 5.74) is 3.18. The van der Waals surface area contributed by atoms with Crippen LogP contribution < -0.4 is 42.5 Å². The normalized spacial score (nSPS) is 10.2. The van der Waals surface area contributed by atoms with Gasteiger partial charge in [-0.05, 0) is 59.7 Å². The molecule has 8 amide bonds. The number of amides is 8. The lowest BCUT2D eigenvalue weighted by Gasteiger charge is -2.14. The summed E-state index contributed by atoms with van der Waals surface area (Å²) in [6, 6.07) is 28.6. The van der Waals surface area contributed by atoms with Crippen molar-refractivity contribution in [2.24, 2.45) is 0 Å². The number of carbonyl (C=O) groups excluding carboxylic acids is 4. The highest BCUT2D eigenvalue weighted by Gasteiger charge is 2.13. The van der Waals surface area contributed by atoms with E-state index in [1.807, 2.05) is 0 Å². The lowest BCUT2D eigenvalue weighted by molar-refractivity contribution is -0.385. The molecule has 0 radical (unpaired) electrons. The molecule has 0 aliphatic carbocycles. The van der Waals surface area contributed by atoms with Gasteiger partial charge in [-0.3, -0.25) is 20.2 Å². The molecule has 0 bridgehead atoms. The molecule has 54 heavy (non-hydrogen) atoms. The number of nitro groups is 2. The molecule has 8 N–H and O–H groups in total. The van der Waals surface area contributed by atoms with Gasteiger partial charge in [-0.2, -0.15) is 0 Å². The van der Waals surface area contributed by atoms with Crippen LogP contribution in [-0.2, 0) is 13.1 Å². The fourth-order valence-electron chi connectivity index (χ4n) is 4.85. The first-order chi connectivity index (χ1) is 26.0. The zero-order chi connectivity index (χ0) is 38.5. The van der Waals surface area contributed by atoms with Crippen LogP contribution in [-0.4, -0.2) is 34.0 Å². The zero-order valence-electron chi connectivity index (χ0n) is 28.1. The molecule has 5 aromatic rings. The van der Waals surface area contributed by atoms with E-state index in [4.69, 9.17) is 0 Å². The second-order valence-corrected chi connectivity index (χ2v) is 11.3. The van der Waals surface area contributed by atoms with Gasteiger partial charge in [0, 0.05) is 48.7 Å². The number of carbonyl (C=O) groups is 4. The number of hydrogen-bond acceptors (Lipinski definition) is 8. The topological polar surface area (TPSA) is 251 Å². The molecule has 274 valence electrons. The predicted molar refractivity (Wildman–Crippen MR) is 203 cm³/mol. The number of benzene rings is 5. The van der Waals surface area contributed by atoms with E-state index >= 15 is 0 Å². The predicted octanol–water partition coefficient (Wildman–Crippen LogP) is 7.43. The fourth-order valence-corrected chi connectivity index (χ4v) is 4.85. The van der Waals surface area contributed by atoms with Gasteiger partial charge < -0.3 is 42.5 Å². The van der Waals surface area contributed by atoms with E-state index in [2.05, 4.69) is 42.5 Å². The van der Waals surface area contributed by atoms with Gasteiger partial charge in [-0.25, -0.2) is 19.2 Å². The van der Waals surface area contributed by atoms with Crippen molar-refractivity contribution < 1.29 is 29.0 Å². The largest absolute Gasteiger partial charge is 0.334 e. The summed E-state index contributed by atoms with van der Waals surface area (Å²) < 4.78 is 0. The quantitative estimate of drug-likeness (QED) is 0.0472. The monoisotopic (exact) mass is 732 g/mol. The van der Waals surface area contributed by atoms with Crippen LogP contribution in [0.4, 0.5) is 64.7 Å². The van der Waals surface area contributed by atoms with Crippen molar-refractivity contribution in [2.75, 3.05) is 31.9 Å².